The lowest BCUT2D eigenvalue weighted by Gasteiger charge is -2.23. The van der Waals surface area contributed by atoms with Crippen LogP contribution in [0.4, 0.5) is 4.39 Å². The highest BCUT2D eigenvalue weighted by Crippen LogP contribution is 2.34. The van der Waals surface area contributed by atoms with E-state index < -0.39 is 5.82 Å². The molecule has 1 aliphatic heterocycles. The van der Waals surface area contributed by atoms with Crippen molar-refractivity contribution in [1.29, 1.82) is 0 Å². The van der Waals surface area contributed by atoms with Crippen molar-refractivity contribution in [2.75, 3.05) is 6.54 Å². The number of aromatic nitrogens is 1. The van der Waals surface area contributed by atoms with E-state index in [1.807, 2.05) is 19.9 Å². The highest BCUT2D eigenvalue weighted by atomic mass is 35.5. The average molecular weight is 351 g/mol. The van der Waals surface area contributed by atoms with E-state index in [-0.39, 0.29) is 34.9 Å². The van der Waals surface area contributed by atoms with Crippen molar-refractivity contribution in [2.24, 2.45) is 0 Å². The zero-order valence-electron chi connectivity index (χ0n) is 13.8. The van der Waals surface area contributed by atoms with Crippen LogP contribution in [0.2, 0.25) is 5.02 Å². The Bertz CT molecular complexity index is 724. The van der Waals surface area contributed by atoms with Crippen molar-refractivity contribution < 1.29 is 13.7 Å². The third kappa shape index (κ3) is 3.31. The van der Waals surface area contributed by atoms with Crippen LogP contribution >= 0.6 is 11.6 Å². The summed E-state index contributed by atoms with van der Waals surface area (Å²) in [5.74, 6) is 0.370. The van der Waals surface area contributed by atoms with E-state index >= 15 is 0 Å². The van der Waals surface area contributed by atoms with Crippen LogP contribution in [-0.4, -0.2) is 22.5 Å². The molecule has 6 heteroatoms. The molecule has 1 aromatic heterocycles. The number of amides is 1. The number of likely N-dealkylation sites (tertiary alicyclic amines) is 1. The number of hydrogen-bond donors (Lipinski definition) is 0. The molecule has 0 bridgehead atoms. The molecule has 1 unspecified atom stereocenters. The summed E-state index contributed by atoms with van der Waals surface area (Å²) in [6.45, 7) is 4.71. The Morgan fingerprint density at radius 2 is 2.29 bits per heavy atom. The Labute approximate surface area is 145 Å². The van der Waals surface area contributed by atoms with Crippen LogP contribution in [0.15, 0.2) is 28.8 Å². The van der Waals surface area contributed by atoms with Gasteiger partial charge in [0.2, 0.25) is 5.91 Å². The number of nitrogens with zero attached hydrogens (tertiary/aromatic N) is 2. The maximum atomic E-state index is 13.9. The highest BCUT2D eigenvalue weighted by Gasteiger charge is 2.33. The minimum atomic E-state index is -0.451. The number of hydrogen-bond acceptors (Lipinski definition) is 3. The molecule has 0 N–H and O–H groups in total. The van der Waals surface area contributed by atoms with E-state index in [1.165, 1.54) is 12.1 Å². The quantitative estimate of drug-likeness (QED) is 0.815. The molecular weight excluding hydrogens is 331 g/mol. The van der Waals surface area contributed by atoms with Gasteiger partial charge in [0.05, 0.1) is 18.2 Å². The van der Waals surface area contributed by atoms with Crippen molar-refractivity contribution >= 4 is 17.5 Å². The molecule has 3 rings (SSSR count). The van der Waals surface area contributed by atoms with E-state index in [2.05, 4.69) is 5.16 Å². The first-order chi connectivity index (χ1) is 11.5. The number of carbonyl (C=O) groups is 1. The van der Waals surface area contributed by atoms with E-state index in [0.717, 1.165) is 18.5 Å². The number of benzene rings is 1. The standard InChI is InChI=1S/C18H20ClFN2O2/c1-11(2)15-10-17(24-21-15)16-7-4-8-22(16)18(23)9-12-13(19)5-3-6-14(12)20/h3,5-6,10-11,16H,4,7-9H2,1-2H3. The third-order valence-corrected chi connectivity index (χ3v) is 4.78. The van der Waals surface area contributed by atoms with Gasteiger partial charge in [0, 0.05) is 23.2 Å². The van der Waals surface area contributed by atoms with Crippen LogP contribution in [0.3, 0.4) is 0 Å². The van der Waals surface area contributed by atoms with Gasteiger partial charge in [0.15, 0.2) is 5.76 Å². The summed E-state index contributed by atoms with van der Waals surface area (Å²) in [6, 6.07) is 6.23. The summed E-state index contributed by atoms with van der Waals surface area (Å²) in [4.78, 5) is 14.4. The third-order valence-electron chi connectivity index (χ3n) is 4.43. The number of rotatable bonds is 4. The van der Waals surface area contributed by atoms with Gasteiger partial charge >= 0.3 is 0 Å². The molecule has 1 aromatic carbocycles. The predicted octanol–water partition coefficient (Wildman–Crippen LogP) is 4.50. The summed E-state index contributed by atoms with van der Waals surface area (Å²) in [7, 11) is 0. The second-order valence-corrected chi connectivity index (χ2v) is 6.84. The van der Waals surface area contributed by atoms with Gasteiger partial charge in [-0.1, -0.05) is 36.7 Å². The van der Waals surface area contributed by atoms with Crippen LogP contribution in [0.5, 0.6) is 0 Å². The Morgan fingerprint density at radius 1 is 1.50 bits per heavy atom. The molecule has 0 aliphatic carbocycles. The Hall–Kier alpha value is -1.88. The summed E-state index contributed by atoms with van der Waals surface area (Å²) in [5.41, 5.74) is 1.12. The molecule has 1 saturated heterocycles. The second kappa shape index (κ2) is 6.93. The molecule has 1 aliphatic rings. The highest BCUT2D eigenvalue weighted by molar-refractivity contribution is 6.31. The van der Waals surface area contributed by atoms with E-state index in [0.29, 0.717) is 12.3 Å². The molecule has 24 heavy (non-hydrogen) atoms. The Morgan fingerprint density at radius 3 is 2.96 bits per heavy atom. The summed E-state index contributed by atoms with van der Waals surface area (Å²) in [6.07, 6.45) is 1.66. The lowest BCUT2D eigenvalue weighted by Crippen LogP contribution is -2.32. The molecule has 1 atom stereocenters. The fourth-order valence-electron chi connectivity index (χ4n) is 3.05. The molecule has 1 fully saturated rings. The van der Waals surface area contributed by atoms with Crippen LogP contribution in [0, 0.1) is 5.82 Å². The van der Waals surface area contributed by atoms with Gasteiger partial charge in [-0.3, -0.25) is 4.79 Å². The first-order valence-corrected chi connectivity index (χ1v) is 8.54. The van der Waals surface area contributed by atoms with E-state index in [4.69, 9.17) is 16.1 Å². The maximum absolute atomic E-state index is 13.9. The van der Waals surface area contributed by atoms with Gasteiger partial charge in [0.25, 0.3) is 0 Å². The second-order valence-electron chi connectivity index (χ2n) is 6.43. The molecule has 128 valence electrons. The fourth-order valence-corrected chi connectivity index (χ4v) is 3.28. The molecular formula is C18H20ClFN2O2. The zero-order valence-corrected chi connectivity index (χ0v) is 14.5. The van der Waals surface area contributed by atoms with Crippen molar-refractivity contribution in [3.05, 3.63) is 52.1 Å². The van der Waals surface area contributed by atoms with Crippen molar-refractivity contribution in [3.63, 3.8) is 0 Å². The normalized spacial score (nSPS) is 17.7. The van der Waals surface area contributed by atoms with E-state index in [9.17, 15) is 9.18 Å². The SMILES string of the molecule is CC(C)c1cc(C2CCCN2C(=O)Cc2c(F)cccc2Cl)on1. The summed E-state index contributed by atoms with van der Waals surface area (Å²) in [5, 5.41) is 4.35. The first-order valence-electron chi connectivity index (χ1n) is 8.16. The monoisotopic (exact) mass is 350 g/mol. The zero-order chi connectivity index (χ0) is 17.3. The van der Waals surface area contributed by atoms with Gasteiger partial charge < -0.3 is 9.42 Å². The molecule has 1 amide bonds. The number of carbonyl (C=O) groups excluding carboxylic acids is 1. The minimum Gasteiger partial charge on any atom is -0.359 e. The summed E-state index contributed by atoms with van der Waals surface area (Å²) < 4.78 is 19.4. The lowest BCUT2D eigenvalue weighted by atomic mass is 10.1. The molecule has 0 saturated carbocycles. The largest absolute Gasteiger partial charge is 0.359 e. The Kier molecular flexibility index (Phi) is 4.90. The van der Waals surface area contributed by atoms with Crippen LogP contribution in [0.25, 0.3) is 0 Å². The molecule has 4 nitrogen and oxygen atoms in total. The van der Waals surface area contributed by atoms with Crippen molar-refractivity contribution in [3.8, 4) is 0 Å². The van der Waals surface area contributed by atoms with Gasteiger partial charge in [-0.05, 0) is 30.9 Å². The van der Waals surface area contributed by atoms with Gasteiger partial charge in [0.1, 0.15) is 5.82 Å². The molecule has 0 radical (unpaired) electrons. The first kappa shape index (κ1) is 17.0. The van der Waals surface area contributed by atoms with Gasteiger partial charge in [-0.15, -0.1) is 0 Å². The molecule has 2 aromatic rings. The lowest BCUT2D eigenvalue weighted by molar-refractivity contribution is -0.131. The molecule has 2 heterocycles. The van der Waals surface area contributed by atoms with Gasteiger partial charge in [-0.2, -0.15) is 0 Å². The van der Waals surface area contributed by atoms with E-state index in [1.54, 1.807) is 11.0 Å². The average Bonchev–Trinajstić information content (AvgIpc) is 3.18. The van der Waals surface area contributed by atoms with Crippen LogP contribution in [-0.2, 0) is 11.2 Å². The predicted molar refractivity (Wildman–Crippen MR) is 89.4 cm³/mol. The van der Waals surface area contributed by atoms with Crippen LogP contribution < -0.4 is 0 Å². The Balaban J connectivity index is 1.78. The van der Waals surface area contributed by atoms with Crippen molar-refractivity contribution in [1.82, 2.24) is 10.1 Å². The maximum Gasteiger partial charge on any atom is 0.227 e. The van der Waals surface area contributed by atoms with Crippen molar-refractivity contribution in [2.45, 2.75) is 45.1 Å². The smallest absolute Gasteiger partial charge is 0.227 e. The topological polar surface area (TPSA) is 46.3 Å². The minimum absolute atomic E-state index is 0.0484. The van der Waals surface area contributed by atoms with Crippen LogP contribution in [0.1, 0.15) is 55.7 Å². The fraction of sp³-hybridized carbons (Fsp3) is 0.444. The summed E-state index contributed by atoms with van der Waals surface area (Å²) >= 11 is 6.03. The number of halogens is 2. The van der Waals surface area contributed by atoms with Gasteiger partial charge in [-0.25, -0.2) is 4.39 Å². The molecule has 0 spiro atoms.